The first-order valence-corrected chi connectivity index (χ1v) is 9.68. The van der Waals surface area contributed by atoms with Crippen LogP contribution in [0.3, 0.4) is 0 Å². The van der Waals surface area contributed by atoms with E-state index in [1.54, 1.807) is 17.2 Å². The molecule has 10 nitrogen and oxygen atoms in total. The van der Waals surface area contributed by atoms with Gasteiger partial charge < -0.3 is 30.2 Å². The third kappa shape index (κ3) is 5.56. The summed E-state index contributed by atoms with van der Waals surface area (Å²) in [6, 6.07) is 1.65. The minimum Gasteiger partial charge on any atom is -0.493 e. The monoisotopic (exact) mass is 414 g/mol. The molecule has 1 aliphatic heterocycles. The highest BCUT2D eigenvalue weighted by Crippen LogP contribution is 2.23. The van der Waals surface area contributed by atoms with Crippen molar-refractivity contribution in [1.29, 1.82) is 5.41 Å². The highest BCUT2D eigenvalue weighted by Gasteiger charge is 2.26. The standard InChI is InChI=1S/C20H26N6O4/c1-20(2,3)30-19(28)26-8-5-13(6-9-26)23-11-14(10-21)29-18-24-16-12-22-7-4-15(16)17(27)25-18/h4,7,10-13,21,23H,5-6,8-9H2,1-3H3,(H,24,25,27)/b14-11+,21-10?. The van der Waals surface area contributed by atoms with E-state index in [4.69, 9.17) is 14.9 Å². The van der Waals surface area contributed by atoms with Gasteiger partial charge in [-0.05, 0) is 39.7 Å². The Morgan fingerprint density at radius 3 is 2.73 bits per heavy atom. The van der Waals surface area contributed by atoms with E-state index in [1.807, 2.05) is 20.8 Å². The Balaban J connectivity index is 1.57. The van der Waals surface area contributed by atoms with Gasteiger partial charge in [-0.3, -0.25) is 4.98 Å². The van der Waals surface area contributed by atoms with Gasteiger partial charge in [-0.1, -0.05) is 0 Å². The van der Waals surface area contributed by atoms with Crippen LogP contribution in [0.2, 0.25) is 0 Å². The second kappa shape index (κ2) is 8.93. The Kier molecular flexibility index (Phi) is 6.34. The fraction of sp³-hybridized carbons (Fsp3) is 0.450. The minimum absolute atomic E-state index is 0.0794. The van der Waals surface area contributed by atoms with Crippen LogP contribution in [0.5, 0.6) is 11.9 Å². The molecule has 3 rings (SSSR count). The van der Waals surface area contributed by atoms with Crippen LogP contribution in [0.4, 0.5) is 4.79 Å². The van der Waals surface area contributed by atoms with E-state index in [0.717, 1.165) is 19.1 Å². The van der Waals surface area contributed by atoms with Crippen LogP contribution in [-0.4, -0.2) is 62.0 Å². The van der Waals surface area contributed by atoms with Gasteiger partial charge in [0.25, 0.3) is 0 Å². The Labute approximate surface area is 174 Å². The van der Waals surface area contributed by atoms with Gasteiger partial charge >= 0.3 is 12.1 Å². The number of likely N-dealkylation sites (tertiary alicyclic amines) is 1. The number of amides is 1. The predicted octanol–water partition coefficient (Wildman–Crippen LogP) is 2.59. The largest absolute Gasteiger partial charge is 0.493 e. The lowest BCUT2D eigenvalue weighted by atomic mass is 10.1. The minimum atomic E-state index is -0.513. The molecule has 0 bridgehead atoms. The second-order valence-electron chi connectivity index (χ2n) is 7.92. The fourth-order valence-electron chi connectivity index (χ4n) is 2.95. The third-order valence-corrected chi connectivity index (χ3v) is 4.42. The molecule has 0 unspecified atom stereocenters. The van der Waals surface area contributed by atoms with Gasteiger partial charge in [0.2, 0.25) is 5.88 Å². The fourth-order valence-corrected chi connectivity index (χ4v) is 2.95. The van der Waals surface area contributed by atoms with Gasteiger partial charge in [-0.15, -0.1) is 0 Å². The molecule has 0 saturated carbocycles. The van der Waals surface area contributed by atoms with E-state index in [2.05, 4.69) is 20.3 Å². The molecule has 1 amide bonds. The lowest BCUT2D eigenvalue weighted by Crippen LogP contribution is -2.45. The number of nitrogens with zero attached hydrogens (tertiary/aromatic N) is 4. The number of allylic oxidation sites excluding steroid dienone is 1. The van der Waals surface area contributed by atoms with E-state index in [-0.39, 0.29) is 29.8 Å². The van der Waals surface area contributed by atoms with Gasteiger partial charge in [0, 0.05) is 31.5 Å². The summed E-state index contributed by atoms with van der Waals surface area (Å²) >= 11 is 0. The number of piperidine rings is 1. The summed E-state index contributed by atoms with van der Waals surface area (Å²) in [6.07, 6.45) is 6.79. The number of fused-ring (bicyclic) bond motifs is 1. The van der Waals surface area contributed by atoms with Gasteiger partial charge in [-0.2, -0.15) is 9.97 Å². The molecule has 3 heterocycles. The molecule has 0 spiro atoms. The molecule has 1 aliphatic rings. The molecular formula is C20H26N6O4. The van der Waals surface area contributed by atoms with E-state index < -0.39 is 5.60 Å². The highest BCUT2D eigenvalue weighted by atomic mass is 16.6. The average Bonchev–Trinajstić information content (AvgIpc) is 2.70. The summed E-state index contributed by atoms with van der Waals surface area (Å²) in [4.78, 5) is 25.9. The Morgan fingerprint density at radius 1 is 1.33 bits per heavy atom. The molecule has 0 aliphatic carbocycles. The molecular weight excluding hydrogens is 388 g/mol. The second-order valence-corrected chi connectivity index (χ2v) is 7.92. The zero-order chi connectivity index (χ0) is 21.7. The van der Waals surface area contributed by atoms with Crippen molar-refractivity contribution < 1.29 is 19.4 Å². The van der Waals surface area contributed by atoms with Crippen molar-refractivity contribution >= 4 is 23.2 Å². The number of pyridine rings is 1. The molecule has 2 aromatic rings. The topological polar surface area (TPSA) is 134 Å². The number of nitrogens with one attached hydrogen (secondary N) is 2. The molecule has 2 aromatic heterocycles. The number of carbonyl (C=O) groups is 1. The molecule has 0 atom stereocenters. The van der Waals surface area contributed by atoms with Crippen molar-refractivity contribution in [3.63, 3.8) is 0 Å². The Hall–Kier alpha value is -3.43. The maximum atomic E-state index is 12.1. The van der Waals surface area contributed by atoms with Crippen molar-refractivity contribution in [2.75, 3.05) is 13.1 Å². The van der Waals surface area contributed by atoms with Gasteiger partial charge in [0.1, 0.15) is 5.60 Å². The van der Waals surface area contributed by atoms with Crippen LogP contribution in [0, 0.1) is 5.41 Å². The number of hydrogen-bond acceptors (Lipinski definition) is 9. The van der Waals surface area contributed by atoms with Crippen LogP contribution in [0.1, 0.15) is 33.6 Å². The van der Waals surface area contributed by atoms with Crippen LogP contribution in [0.25, 0.3) is 10.9 Å². The first-order valence-electron chi connectivity index (χ1n) is 9.68. The summed E-state index contributed by atoms with van der Waals surface area (Å²) in [6.45, 7) is 6.70. The van der Waals surface area contributed by atoms with Crippen molar-refractivity contribution in [2.24, 2.45) is 0 Å². The van der Waals surface area contributed by atoms with E-state index in [9.17, 15) is 9.90 Å². The number of ether oxygens (including phenoxy) is 2. The molecule has 3 N–H and O–H groups in total. The van der Waals surface area contributed by atoms with Crippen LogP contribution < -0.4 is 10.1 Å². The molecule has 10 heteroatoms. The smallest absolute Gasteiger partial charge is 0.410 e. The Bertz CT molecular complexity index is 948. The van der Waals surface area contributed by atoms with E-state index in [1.165, 1.54) is 12.4 Å². The summed E-state index contributed by atoms with van der Waals surface area (Å²) in [5.41, 5.74) is -0.0766. The van der Waals surface area contributed by atoms with Gasteiger partial charge in [0.05, 0.1) is 23.3 Å². The first kappa shape index (κ1) is 21.3. The maximum absolute atomic E-state index is 12.1. The first-order chi connectivity index (χ1) is 14.2. The number of aromatic nitrogens is 3. The normalized spacial score (nSPS) is 15.7. The van der Waals surface area contributed by atoms with Crippen molar-refractivity contribution in [2.45, 2.75) is 45.3 Å². The highest BCUT2D eigenvalue weighted by molar-refractivity contribution is 5.82. The molecule has 0 radical (unpaired) electrons. The van der Waals surface area contributed by atoms with Gasteiger partial charge in [0.15, 0.2) is 5.76 Å². The predicted molar refractivity (Wildman–Crippen MR) is 110 cm³/mol. The number of carbonyl (C=O) groups excluding carboxylic acids is 1. The SMILES string of the molecule is CC(C)(C)OC(=O)N1CCC(N/C=C(\C=N)Oc2nc(O)c3ccncc3n2)CC1. The third-order valence-electron chi connectivity index (χ3n) is 4.42. The van der Waals surface area contributed by atoms with Crippen LogP contribution in [-0.2, 0) is 4.74 Å². The number of aromatic hydroxyl groups is 1. The summed E-state index contributed by atoms with van der Waals surface area (Å²) < 4.78 is 10.9. The van der Waals surface area contributed by atoms with Crippen LogP contribution in [0.15, 0.2) is 30.4 Å². The number of hydrogen-bond donors (Lipinski definition) is 3. The lowest BCUT2D eigenvalue weighted by molar-refractivity contribution is 0.0201. The van der Waals surface area contributed by atoms with Crippen molar-refractivity contribution in [3.8, 4) is 11.9 Å². The van der Waals surface area contributed by atoms with Crippen molar-refractivity contribution in [3.05, 3.63) is 30.4 Å². The zero-order valence-corrected chi connectivity index (χ0v) is 17.3. The Morgan fingerprint density at radius 2 is 2.07 bits per heavy atom. The molecule has 0 aromatic carbocycles. The van der Waals surface area contributed by atoms with Crippen LogP contribution >= 0.6 is 0 Å². The quantitative estimate of drug-likeness (QED) is 0.502. The lowest BCUT2D eigenvalue weighted by Gasteiger charge is -2.33. The van der Waals surface area contributed by atoms with Gasteiger partial charge in [-0.25, -0.2) is 4.79 Å². The zero-order valence-electron chi connectivity index (χ0n) is 17.3. The van der Waals surface area contributed by atoms with E-state index in [0.29, 0.717) is 24.0 Å². The number of rotatable bonds is 5. The maximum Gasteiger partial charge on any atom is 0.410 e. The molecule has 30 heavy (non-hydrogen) atoms. The summed E-state index contributed by atoms with van der Waals surface area (Å²) in [7, 11) is 0. The average molecular weight is 414 g/mol. The van der Waals surface area contributed by atoms with E-state index >= 15 is 0 Å². The molecule has 1 fully saturated rings. The molecule has 1 saturated heterocycles. The molecule has 160 valence electrons. The van der Waals surface area contributed by atoms with Crippen molar-refractivity contribution in [1.82, 2.24) is 25.2 Å². The summed E-state index contributed by atoms with van der Waals surface area (Å²) in [5.74, 6) is -0.0311. The summed E-state index contributed by atoms with van der Waals surface area (Å²) in [5, 5.41) is 21.2.